The van der Waals surface area contributed by atoms with Crippen LogP contribution in [-0.4, -0.2) is 84.0 Å². The fraction of sp³-hybridized carbons (Fsp3) is 0.448. The summed E-state index contributed by atoms with van der Waals surface area (Å²) >= 11 is 0. The van der Waals surface area contributed by atoms with E-state index in [1.54, 1.807) is 38.6 Å². The van der Waals surface area contributed by atoms with Gasteiger partial charge in [-0.3, -0.25) is 10.2 Å². The van der Waals surface area contributed by atoms with E-state index >= 15 is 0 Å². The van der Waals surface area contributed by atoms with Crippen LogP contribution in [0.25, 0.3) is 11.0 Å². The number of methoxy groups -OCH3 is 2. The van der Waals surface area contributed by atoms with Gasteiger partial charge in [0, 0.05) is 37.2 Å². The molecule has 1 amide bonds. The third-order valence-corrected chi connectivity index (χ3v) is 6.85. The van der Waals surface area contributed by atoms with Crippen molar-refractivity contribution in [3.8, 4) is 5.75 Å². The molecular weight excluding hydrogens is 522 g/mol. The Hall–Kier alpha value is -4.32. The minimum absolute atomic E-state index is 0.0769. The average molecular weight is 562 g/mol. The number of nitrogens with zero attached hydrogens (tertiary/aromatic N) is 6. The lowest BCUT2D eigenvalue weighted by molar-refractivity contribution is 0.0977. The van der Waals surface area contributed by atoms with Gasteiger partial charge in [-0.1, -0.05) is 20.8 Å². The standard InChI is InChI=1S/C29H39N9O3/c1-29(2,3)23(41-6)16-24(30)35-27(39)19-9-10-22(40-5)20(15-19)34-26-25-21(32-18-33-26)17-31-28(36-25)37(4)13-14-38-11-7-8-12-38/h9-10,15-18H,7-8,11-14H2,1-6H3,(H2,30,35,39)(H,32,33,34)/b23-16-. The molecule has 12 heteroatoms. The van der Waals surface area contributed by atoms with E-state index in [0.717, 1.165) is 26.2 Å². The maximum absolute atomic E-state index is 13.0. The lowest BCUT2D eigenvalue weighted by Crippen LogP contribution is -2.32. The molecule has 0 unspecified atom stereocenters. The number of carbonyl (C=O) groups excluding carboxylic acids is 1. The average Bonchev–Trinajstić information content (AvgIpc) is 3.47. The molecule has 12 nitrogen and oxygen atoms in total. The Labute approximate surface area is 240 Å². The number of likely N-dealkylation sites (N-methyl/N-ethyl adjacent to an activating group) is 1. The Balaban J connectivity index is 1.56. The number of ether oxygens (including phenoxy) is 2. The molecule has 2 aromatic heterocycles. The van der Waals surface area contributed by atoms with E-state index in [4.69, 9.17) is 19.9 Å². The monoisotopic (exact) mass is 561 g/mol. The van der Waals surface area contributed by atoms with E-state index in [1.807, 2.05) is 32.7 Å². The molecule has 1 aromatic carbocycles. The van der Waals surface area contributed by atoms with E-state index in [2.05, 4.69) is 30.5 Å². The zero-order valence-corrected chi connectivity index (χ0v) is 24.6. The number of aromatic nitrogens is 4. The normalized spacial score (nSPS) is 14.1. The maximum atomic E-state index is 13.0. The number of fused-ring (bicyclic) bond motifs is 1. The molecule has 1 aliphatic rings. The summed E-state index contributed by atoms with van der Waals surface area (Å²) < 4.78 is 10.9. The number of likely N-dealkylation sites (tertiary alicyclic amines) is 1. The van der Waals surface area contributed by atoms with Gasteiger partial charge in [-0.15, -0.1) is 0 Å². The number of rotatable bonds is 10. The molecular formula is C29H39N9O3. The van der Waals surface area contributed by atoms with Crippen LogP contribution in [0.3, 0.4) is 0 Å². The highest BCUT2D eigenvalue weighted by Crippen LogP contribution is 2.31. The number of allylic oxidation sites excluding steroid dienone is 1. The molecule has 218 valence electrons. The van der Waals surface area contributed by atoms with Crippen LogP contribution in [0.2, 0.25) is 0 Å². The summed E-state index contributed by atoms with van der Waals surface area (Å²) in [4.78, 5) is 35.5. The summed E-state index contributed by atoms with van der Waals surface area (Å²) in [7, 11) is 5.07. The van der Waals surface area contributed by atoms with Crippen molar-refractivity contribution >= 4 is 40.2 Å². The lowest BCUT2D eigenvalue weighted by atomic mass is 9.93. The molecule has 4 rings (SSSR count). The molecule has 0 atom stereocenters. The largest absolute Gasteiger partial charge is 0.500 e. The van der Waals surface area contributed by atoms with Gasteiger partial charge in [0.1, 0.15) is 34.7 Å². The Morgan fingerprint density at radius 1 is 1.17 bits per heavy atom. The second kappa shape index (κ2) is 12.9. The Morgan fingerprint density at radius 2 is 1.93 bits per heavy atom. The van der Waals surface area contributed by atoms with Gasteiger partial charge in [-0.2, -0.15) is 0 Å². The third-order valence-electron chi connectivity index (χ3n) is 6.85. The summed E-state index contributed by atoms with van der Waals surface area (Å²) in [6.45, 7) is 9.93. The third kappa shape index (κ3) is 7.46. The summed E-state index contributed by atoms with van der Waals surface area (Å²) in [6, 6.07) is 4.96. The summed E-state index contributed by atoms with van der Waals surface area (Å²) in [5.41, 5.74) is 1.66. The number of benzene rings is 1. The number of amides is 1. The molecule has 3 aromatic rings. The van der Waals surface area contributed by atoms with Crippen molar-refractivity contribution in [2.24, 2.45) is 5.41 Å². The number of anilines is 3. The second-order valence-electron chi connectivity index (χ2n) is 11.0. The Bertz CT molecular complexity index is 1430. The second-order valence-corrected chi connectivity index (χ2v) is 11.0. The van der Waals surface area contributed by atoms with Gasteiger partial charge < -0.3 is 29.9 Å². The van der Waals surface area contributed by atoms with Crippen molar-refractivity contribution < 1.29 is 14.3 Å². The van der Waals surface area contributed by atoms with Crippen LogP contribution >= 0.6 is 0 Å². The molecule has 0 saturated carbocycles. The van der Waals surface area contributed by atoms with Gasteiger partial charge in [0.05, 0.1) is 26.1 Å². The first-order valence-electron chi connectivity index (χ1n) is 13.6. The van der Waals surface area contributed by atoms with Crippen molar-refractivity contribution in [1.82, 2.24) is 30.2 Å². The first-order chi connectivity index (χ1) is 19.6. The molecule has 1 saturated heterocycles. The van der Waals surface area contributed by atoms with Gasteiger partial charge in [0.2, 0.25) is 5.95 Å². The minimum Gasteiger partial charge on any atom is -0.500 e. The van der Waals surface area contributed by atoms with E-state index in [0.29, 0.717) is 45.6 Å². The molecule has 0 bridgehead atoms. The van der Waals surface area contributed by atoms with Crippen molar-refractivity contribution in [2.45, 2.75) is 33.6 Å². The van der Waals surface area contributed by atoms with Crippen molar-refractivity contribution in [3.63, 3.8) is 0 Å². The number of nitrogens with one attached hydrogen (secondary N) is 3. The van der Waals surface area contributed by atoms with Crippen LogP contribution in [0.1, 0.15) is 44.0 Å². The smallest absolute Gasteiger partial charge is 0.256 e. The quantitative estimate of drug-likeness (QED) is 0.189. The Morgan fingerprint density at radius 3 is 2.61 bits per heavy atom. The fourth-order valence-corrected chi connectivity index (χ4v) is 4.54. The van der Waals surface area contributed by atoms with Crippen molar-refractivity contribution in [1.29, 1.82) is 5.41 Å². The van der Waals surface area contributed by atoms with Crippen LogP contribution < -0.4 is 20.3 Å². The highest BCUT2D eigenvalue weighted by atomic mass is 16.5. The van der Waals surface area contributed by atoms with E-state index in [1.165, 1.54) is 25.2 Å². The first-order valence-corrected chi connectivity index (χ1v) is 13.6. The van der Waals surface area contributed by atoms with E-state index in [-0.39, 0.29) is 11.3 Å². The van der Waals surface area contributed by atoms with Crippen molar-refractivity contribution in [2.75, 3.05) is 57.7 Å². The Kier molecular flexibility index (Phi) is 9.33. The summed E-state index contributed by atoms with van der Waals surface area (Å²) in [6.07, 6.45) is 7.13. The van der Waals surface area contributed by atoms with Crippen LogP contribution in [0.4, 0.5) is 17.5 Å². The topological polar surface area (TPSA) is 141 Å². The SMILES string of the molecule is CO/C(=C\C(=N)NC(=O)c1ccc(OC)c(Nc2ncnc3cnc(N(C)CCN4CCCC4)nc23)c1)C(C)(C)C. The van der Waals surface area contributed by atoms with E-state index in [9.17, 15) is 4.79 Å². The zero-order chi connectivity index (χ0) is 29.6. The number of hydrogen-bond donors (Lipinski definition) is 3. The first kappa shape index (κ1) is 29.7. The molecule has 0 aliphatic carbocycles. The highest BCUT2D eigenvalue weighted by Gasteiger charge is 2.20. The van der Waals surface area contributed by atoms with Gasteiger partial charge in [0.15, 0.2) is 5.82 Å². The highest BCUT2D eigenvalue weighted by molar-refractivity contribution is 6.09. The molecule has 1 fully saturated rings. The van der Waals surface area contributed by atoms with Crippen molar-refractivity contribution in [3.05, 3.63) is 48.1 Å². The fourth-order valence-electron chi connectivity index (χ4n) is 4.54. The molecule has 0 radical (unpaired) electrons. The summed E-state index contributed by atoms with van der Waals surface area (Å²) in [5, 5.41) is 14.1. The predicted molar refractivity (Wildman–Crippen MR) is 160 cm³/mol. The van der Waals surface area contributed by atoms with Crippen LogP contribution in [-0.2, 0) is 4.74 Å². The lowest BCUT2D eigenvalue weighted by Gasteiger charge is -2.21. The molecule has 3 N–H and O–H groups in total. The van der Waals surface area contributed by atoms with Gasteiger partial charge in [-0.25, -0.2) is 19.9 Å². The van der Waals surface area contributed by atoms with Crippen LogP contribution in [0.15, 0.2) is 42.6 Å². The maximum Gasteiger partial charge on any atom is 0.256 e. The molecule has 0 spiro atoms. The molecule has 3 heterocycles. The van der Waals surface area contributed by atoms with Gasteiger partial charge >= 0.3 is 0 Å². The predicted octanol–water partition coefficient (Wildman–Crippen LogP) is 3.99. The molecule has 41 heavy (non-hydrogen) atoms. The van der Waals surface area contributed by atoms with Gasteiger partial charge in [-0.05, 0) is 44.1 Å². The van der Waals surface area contributed by atoms with Gasteiger partial charge in [0.25, 0.3) is 5.91 Å². The summed E-state index contributed by atoms with van der Waals surface area (Å²) in [5.74, 6) is 1.60. The van der Waals surface area contributed by atoms with E-state index < -0.39 is 5.91 Å². The number of carbonyl (C=O) groups is 1. The minimum atomic E-state index is -0.446. The number of hydrogen-bond acceptors (Lipinski definition) is 11. The molecule has 1 aliphatic heterocycles. The van der Waals surface area contributed by atoms with Crippen LogP contribution in [0, 0.1) is 10.8 Å². The zero-order valence-electron chi connectivity index (χ0n) is 24.6. The number of amidine groups is 1. The van der Waals surface area contributed by atoms with Crippen LogP contribution in [0.5, 0.6) is 5.75 Å².